The second-order valence-corrected chi connectivity index (χ2v) is 20.7. The molecule has 2 atom stereocenters. The number of allylic oxidation sites excluding steroid dienone is 12. The summed E-state index contributed by atoms with van der Waals surface area (Å²) in [6.45, 7) is 5.45. The summed E-state index contributed by atoms with van der Waals surface area (Å²) in [6, 6.07) is 0. The van der Waals surface area contributed by atoms with Crippen LogP contribution >= 0.6 is 7.82 Å². The zero-order valence-corrected chi connectivity index (χ0v) is 44.6. The van der Waals surface area contributed by atoms with E-state index in [2.05, 4.69) is 86.8 Å². The highest BCUT2D eigenvalue weighted by molar-refractivity contribution is 7.47. The number of ether oxygens (including phenoxy) is 2. The molecule has 0 aromatic rings. The van der Waals surface area contributed by atoms with Crippen molar-refractivity contribution in [1.82, 2.24) is 0 Å². The number of nitrogens with zero attached hydrogens (tertiary/aromatic N) is 1. The van der Waals surface area contributed by atoms with E-state index in [4.69, 9.17) is 18.5 Å². The Morgan fingerprint density at radius 3 is 1.30 bits per heavy atom. The van der Waals surface area contributed by atoms with Gasteiger partial charge in [0.2, 0.25) is 0 Å². The van der Waals surface area contributed by atoms with Gasteiger partial charge in [-0.2, -0.15) is 0 Å². The number of unbranched alkanes of at least 4 members (excludes halogenated alkanes) is 24. The van der Waals surface area contributed by atoms with Gasteiger partial charge in [-0.3, -0.25) is 13.8 Å². The number of esters is 1. The van der Waals surface area contributed by atoms with Gasteiger partial charge in [0.05, 0.1) is 34.4 Å². The molecule has 0 aliphatic carbocycles. The van der Waals surface area contributed by atoms with Crippen molar-refractivity contribution in [3.8, 4) is 0 Å². The third-order valence-electron chi connectivity index (χ3n) is 11.5. The van der Waals surface area contributed by atoms with Gasteiger partial charge in [0.15, 0.2) is 0 Å². The lowest BCUT2D eigenvalue weighted by Crippen LogP contribution is -2.37. The molecule has 0 saturated heterocycles. The maximum Gasteiger partial charge on any atom is 0.472 e. The molecule has 0 aliphatic heterocycles. The topological polar surface area (TPSA) is 91.3 Å². The van der Waals surface area contributed by atoms with Gasteiger partial charge in [-0.1, -0.05) is 228 Å². The van der Waals surface area contributed by atoms with Crippen LogP contribution in [0.1, 0.15) is 226 Å². The summed E-state index contributed by atoms with van der Waals surface area (Å²) in [7, 11) is 1.64. The van der Waals surface area contributed by atoms with Crippen LogP contribution in [-0.2, 0) is 27.9 Å². The first-order valence-electron chi connectivity index (χ1n) is 27.2. The van der Waals surface area contributed by atoms with Crippen molar-refractivity contribution in [1.29, 1.82) is 0 Å². The average Bonchev–Trinajstić information content (AvgIpc) is 3.28. The predicted octanol–water partition coefficient (Wildman–Crippen LogP) is 17.0. The monoisotopic (exact) mass is 947 g/mol. The predicted molar refractivity (Wildman–Crippen MR) is 284 cm³/mol. The maximum atomic E-state index is 12.8. The molecule has 0 heterocycles. The van der Waals surface area contributed by atoms with Crippen LogP contribution in [-0.4, -0.2) is 75.6 Å². The zero-order chi connectivity index (χ0) is 48.3. The normalized spacial score (nSPS) is 14.1. The molecule has 66 heavy (non-hydrogen) atoms. The molecule has 0 rings (SSSR count). The van der Waals surface area contributed by atoms with Gasteiger partial charge in [0.1, 0.15) is 19.3 Å². The fourth-order valence-electron chi connectivity index (χ4n) is 7.38. The largest absolute Gasteiger partial charge is 0.472 e. The summed E-state index contributed by atoms with van der Waals surface area (Å²) in [5.41, 5.74) is 0. The number of phosphoric ester groups is 1. The average molecular weight is 947 g/mol. The highest BCUT2D eigenvalue weighted by Crippen LogP contribution is 2.43. The first-order valence-corrected chi connectivity index (χ1v) is 28.7. The zero-order valence-electron chi connectivity index (χ0n) is 43.7. The summed E-state index contributed by atoms with van der Waals surface area (Å²) in [6.07, 6.45) is 65.3. The smallest absolute Gasteiger partial charge is 0.457 e. The number of hydrogen-bond acceptors (Lipinski definition) is 6. The standard InChI is InChI=1S/C57H104NO7P/c1-6-8-10-12-14-16-18-20-22-24-26-28-30-32-34-36-38-40-42-44-46-48-50-57(59)65-56(55-64-66(60,61)63-53-51-58(3,4)5)54-62-52-49-47-45-43-41-39-37-35-33-31-29-27-25-23-21-19-17-15-13-11-9-7-2/h9,11,15,17,21,23,27,29,33,35,39,41,56H,6-8,10,12-14,16,18-20,22,24-26,28,30-32,34,36-38,40,42-55H2,1-5H3/p+1/b11-9-,17-15-,23-21-,29-27-,35-33-,41-39-. The second-order valence-electron chi connectivity index (χ2n) is 19.2. The van der Waals surface area contributed by atoms with Crippen molar-refractivity contribution < 1.29 is 37.3 Å². The molecule has 0 aliphatic rings. The van der Waals surface area contributed by atoms with Crippen LogP contribution in [0.15, 0.2) is 72.9 Å². The molecule has 8 nitrogen and oxygen atoms in total. The summed E-state index contributed by atoms with van der Waals surface area (Å²) < 4.78 is 35.2. The molecule has 384 valence electrons. The first kappa shape index (κ1) is 63.9. The lowest BCUT2D eigenvalue weighted by atomic mass is 10.0. The lowest BCUT2D eigenvalue weighted by molar-refractivity contribution is -0.870. The molecule has 0 bridgehead atoms. The van der Waals surface area contributed by atoms with Gasteiger partial charge < -0.3 is 18.9 Å². The maximum absolute atomic E-state index is 12.8. The van der Waals surface area contributed by atoms with E-state index in [1.807, 2.05) is 21.1 Å². The van der Waals surface area contributed by atoms with E-state index in [1.165, 1.54) is 122 Å². The number of hydrogen-bond donors (Lipinski definition) is 1. The molecule has 0 radical (unpaired) electrons. The fraction of sp³-hybridized carbons (Fsp3) is 0.772. The van der Waals surface area contributed by atoms with Gasteiger partial charge in [-0.25, -0.2) is 4.57 Å². The van der Waals surface area contributed by atoms with Gasteiger partial charge in [-0.15, -0.1) is 0 Å². The van der Waals surface area contributed by atoms with Gasteiger partial charge in [0.25, 0.3) is 0 Å². The van der Waals surface area contributed by atoms with E-state index in [9.17, 15) is 14.3 Å². The van der Waals surface area contributed by atoms with Crippen LogP contribution in [0.4, 0.5) is 0 Å². The number of quaternary nitrogens is 1. The molecule has 1 N–H and O–H groups in total. The Kier molecular flexibility index (Phi) is 47.8. The van der Waals surface area contributed by atoms with Gasteiger partial charge >= 0.3 is 13.8 Å². The Labute approximate surface area is 408 Å². The van der Waals surface area contributed by atoms with Gasteiger partial charge in [0, 0.05) is 13.0 Å². The Morgan fingerprint density at radius 2 is 0.879 bits per heavy atom. The molecule has 2 unspecified atom stereocenters. The minimum absolute atomic E-state index is 0.0797. The van der Waals surface area contributed by atoms with Crippen molar-refractivity contribution in [2.24, 2.45) is 0 Å². The SMILES string of the molecule is CC/C=C\C/C=C\C/C=C\C/C=C\C/C=C\C/C=C\CCCCCOCC(COP(=O)(O)OCC[N+](C)(C)C)OC(=O)CCCCCCCCCCCCCCCCCCCCCCCC. The molecule has 9 heteroatoms. The lowest BCUT2D eigenvalue weighted by Gasteiger charge is -2.24. The molecular weight excluding hydrogens is 842 g/mol. The fourth-order valence-corrected chi connectivity index (χ4v) is 8.12. The van der Waals surface area contributed by atoms with E-state index < -0.39 is 13.9 Å². The molecule has 0 aromatic carbocycles. The van der Waals surface area contributed by atoms with Crippen molar-refractivity contribution >= 4 is 13.8 Å². The number of carbonyl (C=O) groups is 1. The Morgan fingerprint density at radius 1 is 0.485 bits per heavy atom. The van der Waals surface area contributed by atoms with E-state index in [0.29, 0.717) is 24.1 Å². The van der Waals surface area contributed by atoms with Crippen molar-refractivity contribution in [3.05, 3.63) is 72.9 Å². The first-order chi connectivity index (χ1) is 32.1. The van der Waals surface area contributed by atoms with Crippen LogP contribution < -0.4 is 0 Å². The second kappa shape index (κ2) is 49.4. The highest BCUT2D eigenvalue weighted by atomic mass is 31.2. The molecule has 0 amide bonds. The van der Waals surface area contributed by atoms with E-state index in [1.54, 1.807) is 0 Å². The van der Waals surface area contributed by atoms with Crippen molar-refractivity contribution in [2.45, 2.75) is 232 Å². The molecule has 0 fully saturated rings. The van der Waals surface area contributed by atoms with E-state index in [-0.39, 0.29) is 25.8 Å². The molecule has 0 aromatic heterocycles. The van der Waals surface area contributed by atoms with Crippen LogP contribution in [0.2, 0.25) is 0 Å². The summed E-state index contributed by atoms with van der Waals surface area (Å²) >= 11 is 0. The van der Waals surface area contributed by atoms with E-state index in [0.717, 1.165) is 83.5 Å². The Balaban J connectivity index is 4.18. The van der Waals surface area contributed by atoms with Crippen molar-refractivity contribution in [2.75, 3.05) is 54.1 Å². The third kappa shape index (κ3) is 52.9. The molecular formula is C57H105NO7P+. The van der Waals surface area contributed by atoms with Crippen LogP contribution in [0.5, 0.6) is 0 Å². The minimum atomic E-state index is -4.30. The highest BCUT2D eigenvalue weighted by Gasteiger charge is 2.26. The molecule has 0 spiro atoms. The van der Waals surface area contributed by atoms with Crippen LogP contribution in [0, 0.1) is 0 Å². The Bertz CT molecular complexity index is 1280. The number of carbonyl (C=O) groups excluding carboxylic acids is 1. The van der Waals surface area contributed by atoms with Gasteiger partial charge in [-0.05, 0) is 64.2 Å². The number of likely N-dealkylation sites (N-methyl/N-ethyl adjacent to an activating group) is 1. The number of phosphoric acid groups is 1. The summed E-state index contributed by atoms with van der Waals surface area (Å²) in [5.74, 6) is -0.324. The summed E-state index contributed by atoms with van der Waals surface area (Å²) in [4.78, 5) is 23.0. The Hall–Kier alpha value is -2.06. The van der Waals surface area contributed by atoms with Crippen LogP contribution in [0.25, 0.3) is 0 Å². The molecule has 0 saturated carbocycles. The quantitative estimate of drug-likeness (QED) is 0.0214. The van der Waals surface area contributed by atoms with Crippen molar-refractivity contribution in [3.63, 3.8) is 0 Å². The minimum Gasteiger partial charge on any atom is -0.457 e. The van der Waals surface area contributed by atoms with E-state index >= 15 is 0 Å². The number of rotatable bonds is 50. The van der Waals surface area contributed by atoms with Crippen LogP contribution in [0.3, 0.4) is 0 Å². The third-order valence-corrected chi connectivity index (χ3v) is 12.5. The summed E-state index contributed by atoms with van der Waals surface area (Å²) in [5, 5.41) is 0.